The summed E-state index contributed by atoms with van der Waals surface area (Å²) in [6.45, 7) is 0. The van der Waals surface area contributed by atoms with Crippen LogP contribution in [0.4, 0.5) is 0 Å². The minimum atomic E-state index is -5.39. The predicted octanol–water partition coefficient (Wildman–Crippen LogP) is -12.0. The molecule has 0 unspecified atom stereocenters. The van der Waals surface area contributed by atoms with Gasteiger partial charge in [-0.25, -0.2) is 0 Å². The van der Waals surface area contributed by atoms with Crippen molar-refractivity contribution < 1.29 is 119 Å². The van der Waals surface area contributed by atoms with E-state index in [1.54, 1.807) is 0 Å². The summed E-state index contributed by atoms with van der Waals surface area (Å²) < 4.78 is 17.1. The minimum Gasteiger partial charge on any atom is -0.822 e. The second-order valence-corrected chi connectivity index (χ2v) is 2.68. The fourth-order valence-corrected chi connectivity index (χ4v) is 0. The van der Waals surface area contributed by atoms with Crippen molar-refractivity contribution in [1.82, 2.24) is 0 Å². The molecular weight excluding hydrogens is 292 g/mol. The maximum atomic E-state index is 8.55. The van der Waals surface area contributed by atoms with Crippen LogP contribution in [0.25, 0.3) is 0 Å². The van der Waals surface area contributed by atoms with E-state index in [2.05, 4.69) is 0 Å². The molecule has 8 nitrogen and oxygen atoms in total. The summed E-state index contributed by atoms with van der Waals surface area (Å²) in [5.74, 6) is 0. The van der Waals surface area contributed by atoms with E-state index in [-0.39, 0.29) is 119 Å². The normalized spacial score (nSPS) is 9.08. The molecule has 0 aliphatic rings. The molecule has 13 heteroatoms. The second-order valence-electron chi connectivity index (χ2n) is 0.894. The molecule has 0 fully saturated rings. The minimum absolute atomic E-state index is 0. The Labute approximate surface area is 169 Å². The van der Waals surface area contributed by atoms with Crippen molar-refractivity contribution in [3.63, 3.8) is 0 Å². The van der Waals surface area contributed by atoms with Crippen LogP contribution >= 0.6 is 15.6 Å². The average Bonchev–Trinajstić information content (AvgIpc) is 1.12. The first-order valence-corrected chi connectivity index (χ1v) is 4.38. The number of rotatable bonds is 0. The predicted molar refractivity (Wildman–Crippen MR) is 21.0 cm³/mol. The van der Waals surface area contributed by atoms with Crippen molar-refractivity contribution in [2.45, 2.75) is 0 Å². The standard InChI is InChI=1S/Ca.K.Na.2H3O4P/c;;;2*1-5(2,3)4/h;;;2*(H3,1,2,3,4)/q+2;2*+1;;/p-6. The van der Waals surface area contributed by atoms with Gasteiger partial charge in [0, 0.05) is 0 Å². The molecule has 0 spiro atoms. The molecule has 0 aromatic rings. The quantitative estimate of drug-likeness (QED) is 0.312. The van der Waals surface area contributed by atoms with Crippen molar-refractivity contribution in [3.8, 4) is 0 Å². The van der Waals surface area contributed by atoms with Gasteiger partial charge in [-0.1, -0.05) is 0 Å². The second kappa shape index (κ2) is 14.2. The van der Waals surface area contributed by atoms with Gasteiger partial charge in [-0.05, 0) is 0 Å². The van der Waals surface area contributed by atoms with Crippen molar-refractivity contribution in [3.05, 3.63) is 0 Å². The molecular formula is CaKNaO8P2-2. The van der Waals surface area contributed by atoms with Crippen LogP contribution < -0.4 is 110 Å². The Morgan fingerprint density at radius 2 is 0.692 bits per heavy atom. The zero-order valence-electron chi connectivity index (χ0n) is 6.87. The van der Waals surface area contributed by atoms with E-state index in [9.17, 15) is 0 Å². The van der Waals surface area contributed by atoms with E-state index in [0.717, 1.165) is 0 Å². The van der Waals surface area contributed by atoms with E-state index >= 15 is 0 Å². The fourth-order valence-electron chi connectivity index (χ4n) is 0. The summed E-state index contributed by atoms with van der Waals surface area (Å²) in [6.07, 6.45) is 0. The third-order valence-electron chi connectivity index (χ3n) is 0. The summed E-state index contributed by atoms with van der Waals surface area (Å²) in [6, 6.07) is 0. The van der Waals surface area contributed by atoms with Crippen LogP contribution in [-0.4, -0.2) is 37.7 Å². The van der Waals surface area contributed by atoms with Gasteiger partial charge in [-0.15, -0.1) is 0 Å². The van der Waals surface area contributed by atoms with E-state index < -0.39 is 15.6 Å². The van der Waals surface area contributed by atoms with E-state index in [1.807, 2.05) is 0 Å². The first-order chi connectivity index (χ1) is 4.00. The molecule has 0 amide bonds. The summed E-state index contributed by atoms with van der Waals surface area (Å²) >= 11 is 0. The molecule has 0 aliphatic heterocycles. The van der Waals surface area contributed by atoms with Gasteiger partial charge in [0.05, 0.1) is 0 Å². The number of hydrogen-bond donors (Lipinski definition) is 0. The van der Waals surface area contributed by atoms with Crippen LogP contribution in [-0.2, 0) is 9.13 Å². The smallest absolute Gasteiger partial charge is 0.822 e. The third kappa shape index (κ3) is 190. The Balaban J connectivity index is -0.0000000267. The molecule has 0 bridgehead atoms. The topological polar surface area (TPSA) is 172 Å². The zero-order chi connectivity index (χ0) is 9.00. The average molecular weight is 292 g/mol. The van der Waals surface area contributed by atoms with Crippen LogP contribution in [0, 0.1) is 0 Å². The molecule has 0 aromatic carbocycles. The molecule has 0 saturated heterocycles. The molecule has 0 N–H and O–H groups in total. The first-order valence-electron chi connectivity index (χ1n) is 1.46. The summed E-state index contributed by atoms with van der Waals surface area (Å²) in [5, 5.41) is 0. The Morgan fingerprint density at radius 3 is 0.692 bits per heavy atom. The van der Waals surface area contributed by atoms with Crippen LogP contribution in [0.2, 0.25) is 0 Å². The van der Waals surface area contributed by atoms with Crippen molar-refractivity contribution in [1.29, 1.82) is 0 Å². The summed E-state index contributed by atoms with van der Waals surface area (Å²) in [4.78, 5) is 51.3. The first kappa shape index (κ1) is 30.3. The monoisotopic (exact) mass is 292 g/mol. The Bertz CT molecular complexity index is 134. The van der Waals surface area contributed by atoms with Crippen molar-refractivity contribution in [2.75, 3.05) is 0 Å². The van der Waals surface area contributed by atoms with Gasteiger partial charge in [-0.3, -0.25) is 0 Å². The van der Waals surface area contributed by atoms with Gasteiger partial charge in [0.25, 0.3) is 0 Å². The Morgan fingerprint density at radius 1 is 0.692 bits per heavy atom. The third-order valence-corrected chi connectivity index (χ3v) is 0. The fraction of sp³-hybridized carbons (Fsp3) is 0. The number of hydrogen-bond acceptors (Lipinski definition) is 8. The van der Waals surface area contributed by atoms with Crippen molar-refractivity contribution in [2.24, 2.45) is 0 Å². The Hall–Kier alpha value is 4.12. The molecule has 0 aliphatic carbocycles. The van der Waals surface area contributed by atoms with Gasteiger partial charge in [0.2, 0.25) is 0 Å². The van der Waals surface area contributed by atoms with Crippen LogP contribution in [0.5, 0.6) is 0 Å². The maximum Gasteiger partial charge on any atom is 2.00 e. The maximum absolute atomic E-state index is 8.55. The van der Waals surface area contributed by atoms with Crippen LogP contribution in [0.3, 0.4) is 0 Å². The van der Waals surface area contributed by atoms with Crippen molar-refractivity contribution >= 4 is 53.4 Å². The summed E-state index contributed by atoms with van der Waals surface area (Å²) in [7, 11) is -10.8. The SMILES string of the molecule is O=P([O-])([O-])[O-].O=P([O-])([O-])[O-].[Ca+2].[K+].[Na+]. The van der Waals surface area contributed by atoms with E-state index in [1.165, 1.54) is 0 Å². The van der Waals surface area contributed by atoms with Gasteiger partial charge in [-0.2, -0.15) is 15.6 Å². The largest absolute Gasteiger partial charge is 2.00 e. The molecule has 64 valence electrons. The molecule has 0 atom stereocenters. The van der Waals surface area contributed by atoms with E-state index in [4.69, 9.17) is 38.5 Å². The molecule has 0 aromatic heterocycles. The van der Waals surface area contributed by atoms with Crippen LogP contribution in [0.15, 0.2) is 0 Å². The van der Waals surface area contributed by atoms with Gasteiger partial charge in [0.1, 0.15) is 0 Å². The zero-order valence-corrected chi connectivity index (χ0v) is 16.0. The molecule has 0 radical (unpaired) electrons. The molecule has 0 saturated carbocycles. The van der Waals surface area contributed by atoms with Gasteiger partial charge < -0.3 is 38.5 Å². The molecule has 0 rings (SSSR count). The van der Waals surface area contributed by atoms with E-state index in [0.29, 0.717) is 0 Å². The molecule has 0 heterocycles. The van der Waals surface area contributed by atoms with Gasteiger partial charge in [0.15, 0.2) is 0 Å². The Kier molecular flexibility index (Phi) is 33.0. The number of phosphoric acid groups is 2. The molecule has 13 heavy (non-hydrogen) atoms. The summed E-state index contributed by atoms with van der Waals surface area (Å²) in [5.41, 5.74) is 0. The van der Waals surface area contributed by atoms with Gasteiger partial charge >= 0.3 is 119 Å². The van der Waals surface area contributed by atoms with Crippen LogP contribution in [0.1, 0.15) is 0 Å².